The number of nitrogens with two attached hydrogens (primary N) is 1. The lowest BCUT2D eigenvalue weighted by Gasteiger charge is -2.32. The summed E-state index contributed by atoms with van der Waals surface area (Å²) in [5.41, 5.74) is 6.73. The first kappa shape index (κ1) is 13.0. The summed E-state index contributed by atoms with van der Waals surface area (Å²) in [5.74, 6) is 1.33. The van der Waals surface area contributed by atoms with E-state index in [1.54, 1.807) is 11.3 Å². The number of hydrogen-bond donors (Lipinski definition) is 1. The van der Waals surface area contributed by atoms with E-state index in [9.17, 15) is 4.79 Å². The van der Waals surface area contributed by atoms with Crippen molar-refractivity contribution in [3.8, 4) is 0 Å². The number of nitrogens with zero attached hydrogens (tertiary/aromatic N) is 1. The van der Waals surface area contributed by atoms with Gasteiger partial charge in [0.15, 0.2) is 5.78 Å². The summed E-state index contributed by atoms with van der Waals surface area (Å²) in [4.78, 5) is 15.4. The fourth-order valence-corrected chi connectivity index (χ4v) is 4.00. The minimum absolute atomic E-state index is 0.263. The molecular weight excluding hydrogens is 256 g/mol. The molecule has 3 nitrogen and oxygen atoms in total. The molecule has 0 spiro atoms. The first-order valence-electron chi connectivity index (χ1n) is 7.37. The van der Waals surface area contributed by atoms with Crippen LogP contribution in [0.2, 0.25) is 0 Å². The highest BCUT2D eigenvalue weighted by Crippen LogP contribution is 2.40. The molecule has 1 aromatic heterocycles. The molecule has 2 N–H and O–H groups in total. The van der Waals surface area contributed by atoms with E-state index in [2.05, 4.69) is 11.8 Å². The van der Waals surface area contributed by atoms with E-state index < -0.39 is 0 Å². The zero-order chi connectivity index (χ0) is 13.4. The molecule has 1 saturated carbocycles. The molecule has 0 bridgehead atoms. The summed E-state index contributed by atoms with van der Waals surface area (Å²) in [5, 5.41) is 1.19. The summed E-state index contributed by atoms with van der Waals surface area (Å²) in [6, 6.07) is 2.01. The molecule has 2 fully saturated rings. The summed E-state index contributed by atoms with van der Waals surface area (Å²) in [7, 11) is 0. The molecular formula is C15H22N2OS. The second-order valence-corrected chi connectivity index (χ2v) is 6.90. The lowest BCUT2D eigenvalue weighted by Crippen LogP contribution is -2.34. The van der Waals surface area contributed by atoms with Crippen LogP contribution < -0.4 is 10.6 Å². The van der Waals surface area contributed by atoms with Crippen LogP contribution in [-0.2, 0) is 0 Å². The van der Waals surface area contributed by atoms with E-state index in [1.165, 1.54) is 24.3 Å². The highest BCUT2D eigenvalue weighted by Gasteiger charge is 2.33. The molecule has 1 aromatic rings. The highest BCUT2D eigenvalue weighted by atomic mass is 32.1. The maximum atomic E-state index is 12.2. The average Bonchev–Trinajstić information content (AvgIpc) is 3.21. The molecule has 19 heavy (non-hydrogen) atoms. The van der Waals surface area contributed by atoms with Crippen molar-refractivity contribution in [2.45, 2.75) is 39.0 Å². The number of hydrogen-bond acceptors (Lipinski definition) is 4. The van der Waals surface area contributed by atoms with Crippen LogP contribution in [-0.4, -0.2) is 18.9 Å². The van der Waals surface area contributed by atoms with Crippen LogP contribution in [0.3, 0.4) is 0 Å². The second kappa shape index (κ2) is 5.16. The smallest absolute Gasteiger partial charge is 0.178 e. The van der Waals surface area contributed by atoms with Crippen molar-refractivity contribution < 1.29 is 4.79 Å². The lowest BCUT2D eigenvalue weighted by atomic mass is 9.96. The topological polar surface area (TPSA) is 46.3 Å². The normalized spacial score (nSPS) is 23.6. The summed E-state index contributed by atoms with van der Waals surface area (Å²) in [6.45, 7) is 4.49. The Hall–Kier alpha value is -1.03. The predicted molar refractivity (Wildman–Crippen MR) is 81.0 cm³/mol. The van der Waals surface area contributed by atoms with Crippen molar-refractivity contribution in [2.75, 3.05) is 23.7 Å². The minimum atomic E-state index is 0.263. The van der Waals surface area contributed by atoms with Crippen molar-refractivity contribution in [3.05, 3.63) is 10.9 Å². The lowest BCUT2D eigenvalue weighted by molar-refractivity contribution is 0.0972. The van der Waals surface area contributed by atoms with Crippen LogP contribution in [0.5, 0.6) is 0 Å². The molecule has 1 aliphatic carbocycles. The van der Waals surface area contributed by atoms with Crippen molar-refractivity contribution >= 4 is 27.8 Å². The summed E-state index contributed by atoms with van der Waals surface area (Å²) >= 11 is 1.61. The zero-order valence-electron chi connectivity index (χ0n) is 11.5. The van der Waals surface area contributed by atoms with Gasteiger partial charge in [0.05, 0.1) is 15.6 Å². The number of thiophene rings is 1. The van der Waals surface area contributed by atoms with Gasteiger partial charge in [0.1, 0.15) is 0 Å². The number of ketones is 1. The van der Waals surface area contributed by atoms with Crippen LogP contribution in [0.4, 0.5) is 10.7 Å². The van der Waals surface area contributed by atoms with Gasteiger partial charge >= 0.3 is 0 Å². The van der Waals surface area contributed by atoms with Gasteiger partial charge in [0.25, 0.3) is 0 Å². The summed E-state index contributed by atoms with van der Waals surface area (Å²) < 4.78 is 0. The number of carbonyl (C=O) groups excluding carboxylic acids is 1. The highest BCUT2D eigenvalue weighted by molar-refractivity contribution is 7.18. The van der Waals surface area contributed by atoms with Gasteiger partial charge in [-0.3, -0.25) is 4.79 Å². The van der Waals surface area contributed by atoms with Gasteiger partial charge in [0.2, 0.25) is 0 Å². The van der Waals surface area contributed by atoms with E-state index >= 15 is 0 Å². The monoisotopic (exact) mass is 278 g/mol. The SMILES string of the molecule is CCC1CCCN(c2cc(N)c(C(=O)C3CC3)s2)C1. The second-order valence-electron chi connectivity index (χ2n) is 5.87. The van der Waals surface area contributed by atoms with Crippen LogP contribution in [0.25, 0.3) is 0 Å². The molecule has 104 valence electrons. The number of piperidine rings is 1. The maximum Gasteiger partial charge on any atom is 0.178 e. The molecule has 2 aliphatic rings. The van der Waals surface area contributed by atoms with E-state index in [-0.39, 0.29) is 11.7 Å². The maximum absolute atomic E-state index is 12.2. The van der Waals surface area contributed by atoms with Gasteiger partial charge < -0.3 is 10.6 Å². The Kier molecular flexibility index (Phi) is 3.52. The zero-order valence-corrected chi connectivity index (χ0v) is 12.3. The Balaban J connectivity index is 1.77. The molecule has 1 atom stereocenters. The van der Waals surface area contributed by atoms with E-state index in [4.69, 9.17) is 5.73 Å². The molecule has 1 aliphatic heterocycles. The van der Waals surface area contributed by atoms with E-state index in [1.807, 2.05) is 6.07 Å². The van der Waals surface area contributed by atoms with Gasteiger partial charge in [-0.2, -0.15) is 0 Å². The minimum Gasteiger partial charge on any atom is -0.397 e. The van der Waals surface area contributed by atoms with Gasteiger partial charge in [0, 0.05) is 19.0 Å². The average molecular weight is 278 g/mol. The number of Topliss-reactive ketones (excluding diaryl/α,β-unsaturated/α-hetero) is 1. The van der Waals surface area contributed by atoms with Gasteiger partial charge in [-0.1, -0.05) is 13.3 Å². The molecule has 1 saturated heterocycles. The Morgan fingerprint density at radius 1 is 1.47 bits per heavy atom. The molecule has 4 heteroatoms. The number of rotatable bonds is 4. The largest absolute Gasteiger partial charge is 0.397 e. The first-order chi connectivity index (χ1) is 9.19. The third-order valence-corrected chi connectivity index (χ3v) is 5.55. The summed E-state index contributed by atoms with van der Waals surface area (Å²) in [6.07, 6.45) is 5.93. The molecule has 0 aromatic carbocycles. The van der Waals surface area contributed by atoms with Gasteiger partial charge in [-0.25, -0.2) is 0 Å². The van der Waals surface area contributed by atoms with E-state index in [0.29, 0.717) is 5.69 Å². The van der Waals surface area contributed by atoms with Crippen molar-refractivity contribution in [1.29, 1.82) is 0 Å². The quantitative estimate of drug-likeness (QED) is 0.857. The van der Waals surface area contributed by atoms with Crippen molar-refractivity contribution in [2.24, 2.45) is 11.8 Å². The fourth-order valence-electron chi connectivity index (χ4n) is 2.87. The predicted octanol–water partition coefficient (Wildman–Crippen LogP) is 3.55. The van der Waals surface area contributed by atoms with Crippen molar-refractivity contribution in [1.82, 2.24) is 0 Å². The Morgan fingerprint density at radius 2 is 2.26 bits per heavy atom. The standard InChI is InChI=1S/C15H22N2OS/c1-2-10-4-3-7-17(9-10)13-8-12(16)15(19-13)14(18)11-5-6-11/h8,10-11H,2-7,9,16H2,1H3. The Labute approximate surface area is 118 Å². The number of carbonyl (C=O) groups is 1. The third kappa shape index (κ3) is 2.64. The van der Waals surface area contributed by atoms with Gasteiger partial charge in [-0.15, -0.1) is 11.3 Å². The molecule has 3 rings (SSSR count). The Morgan fingerprint density at radius 3 is 2.95 bits per heavy atom. The third-order valence-electron chi connectivity index (χ3n) is 4.33. The van der Waals surface area contributed by atoms with Gasteiger partial charge in [-0.05, 0) is 37.7 Å². The Bertz CT molecular complexity index is 478. The van der Waals surface area contributed by atoms with Crippen LogP contribution >= 0.6 is 11.3 Å². The molecule has 0 radical (unpaired) electrons. The number of anilines is 2. The molecule has 0 amide bonds. The van der Waals surface area contributed by atoms with E-state index in [0.717, 1.165) is 36.7 Å². The fraction of sp³-hybridized carbons (Fsp3) is 0.667. The molecule has 2 heterocycles. The van der Waals surface area contributed by atoms with Crippen LogP contribution in [0.15, 0.2) is 6.07 Å². The molecule has 1 unspecified atom stereocenters. The van der Waals surface area contributed by atoms with Crippen LogP contribution in [0, 0.1) is 11.8 Å². The van der Waals surface area contributed by atoms with Crippen molar-refractivity contribution in [3.63, 3.8) is 0 Å². The first-order valence-corrected chi connectivity index (χ1v) is 8.19. The number of nitrogen functional groups attached to an aromatic ring is 1. The van der Waals surface area contributed by atoms with Crippen LogP contribution in [0.1, 0.15) is 48.7 Å².